The molecule has 2 rings (SSSR count). The molecule has 15 heavy (non-hydrogen) atoms. The van der Waals surface area contributed by atoms with E-state index in [4.69, 9.17) is 5.73 Å². The maximum absolute atomic E-state index is 6.28. The topological polar surface area (TPSA) is 26.0 Å². The van der Waals surface area contributed by atoms with Crippen molar-refractivity contribution in [3.63, 3.8) is 0 Å². The van der Waals surface area contributed by atoms with Crippen molar-refractivity contribution in [1.29, 1.82) is 0 Å². The first-order valence-electron chi connectivity index (χ1n) is 6.77. The molecule has 2 unspecified atom stereocenters. The van der Waals surface area contributed by atoms with Gasteiger partial charge in [0.15, 0.2) is 0 Å². The lowest BCUT2D eigenvalue weighted by Crippen LogP contribution is -2.33. The van der Waals surface area contributed by atoms with Crippen LogP contribution in [0, 0.1) is 0 Å². The molecule has 2 fully saturated rings. The Balaban J connectivity index is 1.79. The van der Waals surface area contributed by atoms with E-state index < -0.39 is 0 Å². The molecular weight excluding hydrogens is 202 g/mol. The average molecular weight is 227 g/mol. The van der Waals surface area contributed by atoms with Crippen LogP contribution < -0.4 is 5.73 Å². The van der Waals surface area contributed by atoms with Gasteiger partial charge in [-0.2, -0.15) is 11.8 Å². The molecule has 0 aromatic heterocycles. The van der Waals surface area contributed by atoms with E-state index in [0.717, 1.165) is 10.5 Å². The highest BCUT2D eigenvalue weighted by molar-refractivity contribution is 8.00. The molecule has 2 aliphatic rings. The van der Waals surface area contributed by atoms with Crippen molar-refractivity contribution in [2.75, 3.05) is 0 Å². The van der Waals surface area contributed by atoms with Gasteiger partial charge in [-0.25, -0.2) is 0 Å². The number of hydrogen-bond donors (Lipinski definition) is 1. The quantitative estimate of drug-likeness (QED) is 0.728. The van der Waals surface area contributed by atoms with Crippen molar-refractivity contribution in [2.24, 2.45) is 5.73 Å². The number of hydrogen-bond acceptors (Lipinski definition) is 2. The summed E-state index contributed by atoms with van der Waals surface area (Å²) in [6.45, 7) is 0. The van der Waals surface area contributed by atoms with E-state index in [-0.39, 0.29) is 0 Å². The Bertz CT molecular complexity index is 177. The summed E-state index contributed by atoms with van der Waals surface area (Å²) < 4.78 is 0. The zero-order valence-corrected chi connectivity index (χ0v) is 10.6. The highest BCUT2D eigenvalue weighted by Crippen LogP contribution is 2.35. The minimum Gasteiger partial charge on any atom is -0.327 e. The first kappa shape index (κ1) is 11.8. The average Bonchev–Trinajstić information content (AvgIpc) is 2.46. The second-order valence-corrected chi connectivity index (χ2v) is 6.78. The van der Waals surface area contributed by atoms with Crippen LogP contribution in [-0.4, -0.2) is 16.5 Å². The lowest BCUT2D eigenvalue weighted by atomic mass is 10.0. The van der Waals surface area contributed by atoms with E-state index in [9.17, 15) is 0 Å². The minimum absolute atomic E-state index is 0.486. The molecule has 0 amide bonds. The fourth-order valence-corrected chi connectivity index (χ4v) is 4.66. The Hall–Kier alpha value is 0.310. The van der Waals surface area contributed by atoms with Crippen LogP contribution >= 0.6 is 11.8 Å². The summed E-state index contributed by atoms with van der Waals surface area (Å²) in [5.74, 6) is 0. The molecule has 0 aliphatic heterocycles. The summed E-state index contributed by atoms with van der Waals surface area (Å²) in [6, 6.07) is 0.486. The Morgan fingerprint density at radius 2 is 1.33 bits per heavy atom. The largest absolute Gasteiger partial charge is 0.327 e. The van der Waals surface area contributed by atoms with Gasteiger partial charge in [0.05, 0.1) is 0 Å². The standard InChI is InChI=1S/C13H25NS/c14-12-9-5-2-6-10-13(12)15-11-7-3-1-4-8-11/h11-13H,1-10,14H2. The van der Waals surface area contributed by atoms with Crippen LogP contribution in [0.5, 0.6) is 0 Å². The van der Waals surface area contributed by atoms with Gasteiger partial charge in [-0.15, -0.1) is 0 Å². The molecule has 0 radical (unpaired) electrons. The molecule has 0 bridgehead atoms. The molecule has 0 aromatic rings. The Morgan fingerprint density at radius 1 is 0.733 bits per heavy atom. The highest BCUT2D eigenvalue weighted by Gasteiger charge is 2.25. The Morgan fingerprint density at radius 3 is 2.07 bits per heavy atom. The normalized spacial score (nSPS) is 35.0. The van der Waals surface area contributed by atoms with Crippen LogP contribution in [0.3, 0.4) is 0 Å². The van der Waals surface area contributed by atoms with Gasteiger partial charge in [0, 0.05) is 16.5 Å². The van der Waals surface area contributed by atoms with E-state index in [1.165, 1.54) is 64.2 Å². The lowest BCUT2D eigenvalue weighted by molar-refractivity contribution is 0.510. The fraction of sp³-hybridized carbons (Fsp3) is 1.00. The SMILES string of the molecule is NC1CCCCCC1SC1CCCCC1. The molecular formula is C13H25NS. The molecule has 2 N–H and O–H groups in total. The predicted octanol–water partition coefficient (Wildman–Crippen LogP) is 3.71. The van der Waals surface area contributed by atoms with Crippen LogP contribution in [0.4, 0.5) is 0 Å². The number of thioether (sulfide) groups is 1. The third-order valence-corrected chi connectivity index (χ3v) is 5.71. The highest BCUT2D eigenvalue weighted by atomic mass is 32.2. The van der Waals surface area contributed by atoms with Gasteiger partial charge >= 0.3 is 0 Å². The maximum atomic E-state index is 6.28. The number of nitrogens with two attached hydrogens (primary N) is 1. The molecule has 0 spiro atoms. The van der Waals surface area contributed by atoms with Gasteiger partial charge in [-0.1, -0.05) is 38.5 Å². The third-order valence-electron chi connectivity index (χ3n) is 3.92. The Kier molecular flexibility index (Phi) is 4.83. The van der Waals surface area contributed by atoms with Crippen LogP contribution in [0.15, 0.2) is 0 Å². The lowest BCUT2D eigenvalue weighted by Gasteiger charge is -2.28. The molecule has 0 heterocycles. The molecule has 2 aliphatic carbocycles. The molecule has 1 nitrogen and oxygen atoms in total. The van der Waals surface area contributed by atoms with E-state index in [1.807, 2.05) is 0 Å². The first-order chi connectivity index (χ1) is 7.36. The van der Waals surface area contributed by atoms with Crippen molar-refractivity contribution in [2.45, 2.75) is 80.7 Å². The van der Waals surface area contributed by atoms with Gasteiger partial charge in [0.25, 0.3) is 0 Å². The van der Waals surface area contributed by atoms with Crippen LogP contribution in [-0.2, 0) is 0 Å². The van der Waals surface area contributed by atoms with Crippen LogP contribution in [0.25, 0.3) is 0 Å². The summed E-state index contributed by atoms with van der Waals surface area (Å²) in [4.78, 5) is 0. The zero-order valence-electron chi connectivity index (χ0n) is 9.79. The van der Waals surface area contributed by atoms with Gasteiger partial charge < -0.3 is 5.73 Å². The van der Waals surface area contributed by atoms with Gasteiger partial charge in [0.2, 0.25) is 0 Å². The van der Waals surface area contributed by atoms with Gasteiger partial charge in [0.1, 0.15) is 0 Å². The summed E-state index contributed by atoms with van der Waals surface area (Å²) >= 11 is 2.24. The smallest absolute Gasteiger partial charge is 0.0201 e. The van der Waals surface area contributed by atoms with E-state index in [0.29, 0.717) is 6.04 Å². The molecule has 0 saturated heterocycles. The second-order valence-electron chi connectivity index (χ2n) is 5.24. The zero-order chi connectivity index (χ0) is 10.5. The molecule has 2 atom stereocenters. The second kappa shape index (κ2) is 6.15. The van der Waals surface area contributed by atoms with E-state index >= 15 is 0 Å². The summed E-state index contributed by atoms with van der Waals surface area (Å²) in [6.07, 6.45) is 14.1. The van der Waals surface area contributed by atoms with Crippen molar-refractivity contribution in [1.82, 2.24) is 0 Å². The van der Waals surface area contributed by atoms with Crippen molar-refractivity contribution in [3.8, 4) is 0 Å². The summed E-state index contributed by atoms with van der Waals surface area (Å²) in [5.41, 5.74) is 6.28. The maximum Gasteiger partial charge on any atom is 0.0201 e. The van der Waals surface area contributed by atoms with Gasteiger partial charge in [-0.3, -0.25) is 0 Å². The first-order valence-corrected chi connectivity index (χ1v) is 7.71. The van der Waals surface area contributed by atoms with Gasteiger partial charge in [-0.05, 0) is 25.7 Å². The van der Waals surface area contributed by atoms with E-state index in [2.05, 4.69) is 11.8 Å². The Labute approximate surface area is 98.6 Å². The monoisotopic (exact) mass is 227 g/mol. The van der Waals surface area contributed by atoms with Crippen LogP contribution in [0.1, 0.15) is 64.2 Å². The fourth-order valence-electron chi connectivity index (χ4n) is 2.92. The van der Waals surface area contributed by atoms with Crippen molar-refractivity contribution >= 4 is 11.8 Å². The van der Waals surface area contributed by atoms with E-state index in [1.54, 1.807) is 0 Å². The molecule has 2 heteroatoms. The predicted molar refractivity (Wildman–Crippen MR) is 69.3 cm³/mol. The van der Waals surface area contributed by atoms with Crippen molar-refractivity contribution in [3.05, 3.63) is 0 Å². The minimum atomic E-state index is 0.486. The van der Waals surface area contributed by atoms with Crippen LogP contribution in [0.2, 0.25) is 0 Å². The summed E-state index contributed by atoms with van der Waals surface area (Å²) in [5, 5.41) is 1.71. The molecule has 2 saturated carbocycles. The third kappa shape index (κ3) is 3.67. The number of rotatable bonds is 2. The van der Waals surface area contributed by atoms with Crippen molar-refractivity contribution < 1.29 is 0 Å². The molecule has 0 aromatic carbocycles. The molecule has 88 valence electrons. The summed E-state index contributed by atoms with van der Waals surface area (Å²) in [7, 11) is 0.